The van der Waals surface area contributed by atoms with Crippen LogP contribution in [-0.2, 0) is 44.6 Å². The highest BCUT2D eigenvalue weighted by Crippen LogP contribution is 2.42. The number of aryl methyl sites for hydroxylation is 1. The maximum absolute atomic E-state index is 16.8. The van der Waals surface area contributed by atoms with Crippen molar-refractivity contribution in [1.29, 1.82) is 0 Å². The standard InChI is InChI=1S/C42H63FN6O10.CH3FS/c1-11-33-42(7)32(49(39(54)59-42)18-13-12-17-48-23-29(45-46-48)27-15-14-16-28(44)20-27)21-31(50)24(2)22-40(5,55-10)36(26(4)35(52)41(6,43)38(53)57-33)58-37-34(51)30(47(8)9)19-25(3)56-37;1-3-2/h14-16,20,23-26,30,32-34,36-37,51H,11-13,17-19,21-22,44H2,1-10H3;1H3/t24-,25-,26+,30?,32-,33-,34?,36-,37+,40-,41+,42+;/m1./s1. The van der Waals surface area contributed by atoms with Crippen LogP contribution in [0.4, 0.5) is 18.8 Å². The highest BCUT2D eigenvalue weighted by atomic mass is 32.2. The number of ether oxygens (including phenoxy) is 5. The molecule has 3 aliphatic heterocycles. The molecule has 5 rings (SSSR count). The van der Waals surface area contributed by atoms with Crippen molar-refractivity contribution in [1.82, 2.24) is 24.8 Å². The molecule has 1 amide bonds. The normalized spacial score (nSPS) is 34.8. The summed E-state index contributed by atoms with van der Waals surface area (Å²) in [6, 6.07) is 6.05. The number of likely N-dealkylation sites (N-methyl/N-ethyl adjacent to an activating group) is 1. The second kappa shape index (κ2) is 21.3. The van der Waals surface area contributed by atoms with Gasteiger partial charge in [-0.25, -0.2) is 14.0 Å². The number of rotatable bonds is 11. The number of benzene rings is 1. The fourth-order valence-corrected chi connectivity index (χ4v) is 8.92. The summed E-state index contributed by atoms with van der Waals surface area (Å²) in [4.78, 5) is 59.4. The number of aliphatic hydroxyl groups excluding tert-OH is 1. The predicted octanol–water partition coefficient (Wildman–Crippen LogP) is 5.59. The van der Waals surface area contributed by atoms with Crippen LogP contribution in [0.25, 0.3) is 11.3 Å². The smallest absolute Gasteiger partial charge is 0.410 e. The molecule has 0 aliphatic carbocycles. The van der Waals surface area contributed by atoms with E-state index in [1.807, 2.05) is 50.3 Å². The number of ketones is 2. The van der Waals surface area contributed by atoms with E-state index in [0.29, 0.717) is 37.2 Å². The minimum absolute atomic E-state index is 0.00153. The number of aromatic nitrogens is 3. The molecule has 19 heteroatoms. The lowest BCUT2D eigenvalue weighted by Gasteiger charge is -2.47. The van der Waals surface area contributed by atoms with Gasteiger partial charge in [-0.3, -0.25) is 14.3 Å². The first-order valence-corrected chi connectivity index (χ1v) is 22.3. The van der Waals surface area contributed by atoms with Crippen molar-refractivity contribution in [2.45, 2.75) is 153 Å². The van der Waals surface area contributed by atoms with E-state index in [1.165, 1.54) is 25.2 Å². The first kappa shape index (κ1) is 50.9. The van der Waals surface area contributed by atoms with E-state index in [0.717, 1.165) is 12.5 Å². The zero-order valence-electron chi connectivity index (χ0n) is 37.8. The number of amides is 1. The average molecular weight is 897 g/mol. The van der Waals surface area contributed by atoms with Crippen molar-refractivity contribution in [3.05, 3.63) is 30.5 Å². The number of aliphatic hydroxyl groups is 1. The van der Waals surface area contributed by atoms with Gasteiger partial charge >= 0.3 is 12.1 Å². The number of hydrogen-bond donors (Lipinski definition) is 2. The zero-order valence-corrected chi connectivity index (χ0v) is 38.7. The number of nitrogens with two attached hydrogens (primary N) is 1. The first-order chi connectivity index (χ1) is 29.1. The summed E-state index contributed by atoms with van der Waals surface area (Å²) >= 11 is 0.250. The van der Waals surface area contributed by atoms with Gasteiger partial charge in [-0.15, -0.1) is 5.10 Å². The highest BCUT2D eigenvalue weighted by Gasteiger charge is 2.60. The fraction of sp³-hybridized carbons (Fsp3) is 0.721. The molecule has 2 unspecified atom stereocenters. The van der Waals surface area contributed by atoms with Gasteiger partial charge in [0.05, 0.1) is 30.0 Å². The van der Waals surface area contributed by atoms with Crippen LogP contribution in [0.15, 0.2) is 30.5 Å². The van der Waals surface area contributed by atoms with E-state index in [9.17, 15) is 28.2 Å². The monoisotopic (exact) mass is 896 g/mol. The molecule has 348 valence electrons. The second-order valence-corrected chi connectivity index (χ2v) is 17.8. The van der Waals surface area contributed by atoms with Crippen LogP contribution in [0.5, 0.6) is 0 Å². The first-order valence-electron chi connectivity index (χ1n) is 21.2. The number of fused-ring (bicyclic) bond motifs is 1. The van der Waals surface area contributed by atoms with Crippen LogP contribution in [0.1, 0.15) is 87.0 Å². The number of carbonyl (C=O) groups is 4. The number of halogens is 2. The van der Waals surface area contributed by atoms with Gasteiger partial charge in [0.15, 0.2) is 17.7 Å². The molecular weight excluding hydrogens is 831 g/mol. The van der Waals surface area contributed by atoms with E-state index in [2.05, 4.69) is 10.3 Å². The summed E-state index contributed by atoms with van der Waals surface area (Å²) in [5, 5.41) is 19.9. The molecule has 3 fully saturated rings. The maximum atomic E-state index is 16.8. The highest BCUT2D eigenvalue weighted by molar-refractivity contribution is 7.93. The number of cyclic esters (lactones) is 1. The van der Waals surface area contributed by atoms with Crippen molar-refractivity contribution in [3.8, 4) is 11.3 Å². The van der Waals surface area contributed by atoms with Crippen LogP contribution >= 0.6 is 12.1 Å². The summed E-state index contributed by atoms with van der Waals surface area (Å²) in [5.41, 5.74) is 1.84. The number of unbranched alkanes of at least 4 members (excludes halogenated alkanes) is 1. The van der Waals surface area contributed by atoms with E-state index in [4.69, 9.17) is 29.4 Å². The van der Waals surface area contributed by atoms with E-state index >= 15 is 4.39 Å². The van der Waals surface area contributed by atoms with E-state index < -0.39 is 77.2 Å². The Kier molecular flexibility index (Phi) is 17.5. The molecule has 0 spiro atoms. The summed E-state index contributed by atoms with van der Waals surface area (Å²) in [5.74, 6) is -4.95. The molecule has 3 aliphatic rings. The third-order valence-corrected chi connectivity index (χ3v) is 12.6. The summed E-state index contributed by atoms with van der Waals surface area (Å²) in [6.45, 7) is 11.4. The molecule has 1 aromatic carbocycles. The van der Waals surface area contributed by atoms with Crippen LogP contribution in [0.2, 0.25) is 0 Å². The van der Waals surface area contributed by atoms with Crippen molar-refractivity contribution in [2.24, 2.45) is 11.8 Å². The SMILES string of the molecule is CC[C@H]1OC(=O)[C@@](C)(F)C(=O)[C@H](C)[C@@H](O[C@@H]2O[C@H](C)CC(N(C)C)C2O)[C@](C)(OC)C[C@@H](C)C(=O)C[C@H]2N(CCCCn3cc(-c4cccc(N)c4)nn3)C(=O)O[C@]12C.CSF. The Balaban J connectivity index is 0.00000273. The topological polar surface area (TPSA) is 198 Å². The number of carbonyl (C=O) groups excluding carboxylic acids is 4. The molecule has 0 saturated carbocycles. The van der Waals surface area contributed by atoms with Gasteiger partial charge in [0, 0.05) is 74.2 Å². The Morgan fingerprint density at radius 1 is 1.10 bits per heavy atom. The number of alkyl halides is 1. The average Bonchev–Trinajstić information content (AvgIpc) is 3.79. The van der Waals surface area contributed by atoms with Crippen molar-refractivity contribution in [3.63, 3.8) is 0 Å². The van der Waals surface area contributed by atoms with Gasteiger partial charge in [-0.05, 0) is 86.0 Å². The lowest BCUT2D eigenvalue weighted by Crippen LogP contribution is -2.61. The number of nitrogens with zero attached hydrogens (tertiary/aromatic N) is 5. The van der Waals surface area contributed by atoms with Crippen LogP contribution < -0.4 is 5.73 Å². The zero-order chi connectivity index (χ0) is 46.3. The van der Waals surface area contributed by atoms with Crippen molar-refractivity contribution in [2.75, 3.05) is 39.7 Å². The Hall–Kier alpha value is -3.75. The Bertz CT molecular complexity index is 1860. The molecule has 12 atom stereocenters. The molecular formula is C43H66F2N6O10S. The quantitative estimate of drug-likeness (QED) is 0.122. The number of esters is 1. The van der Waals surface area contributed by atoms with Gasteiger partial charge in [0.1, 0.15) is 23.7 Å². The summed E-state index contributed by atoms with van der Waals surface area (Å²) in [7, 11) is 5.03. The number of hydrogen-bond acceptors (Lipinski definition) is 15. The Labute approximate surface area is 368 Å². The number of methoxy groups -OCH3 is 1. The molecule has 16 nitrogen and oxygen atoms in total. The molecule has 3 saturated heterocycles. The maximum Gasteiger partial charge on any atom is 0.410 e. The molecule has 3 N–H and O–H groups in total. The molecule has 1 aromatic heterocycles. The summed E-state index contributed by atoms with van der Waals surface area (Å²) < 4.78 is 59.1. The summed E-state index contributed by atoms with van der Waals surface area (Å²) in [6.07, 6.45) is -1.30. The Morgan fingerprint density at radius 3 is 2.37 bits per heavy atom. The minimum atomic E-state index is -3.18. The van der Waals surface area contributed by atoms with Crippen LogP contribution in [0, 0.1) is 11.8 Å². The minimum Gasteiger partial charge on any atom is -0.455 e. The third kappa shape index (κ3) is 11.3. The van der Waals surface area contributed by atoms with E-state index in [1.54, 1.807) is 38.4 Å². The number of anilines is 1. The third-order valence-electron chi connectivity index (χ3n) is 12.6. The predicted molar refractivity (Wildman–Crippen MR) is 229 cm³/mol. The van der Waals surface area contributed by atoms with Gasteiger partial charge < -0.3 is 44.3 Å². The molecule has 2 aromatic rings. The van der Waals surface area contributed by atoms with E-state index in [-0.39, 0.29) is 55.9 Å². The van der Waals surface area contributed by atoms with Gasteiger partial charge in [0.25, 0.3) is 5.67 Å². The molecule has 0 radical (unpaired) electrons. The second-order valence-electron chi connectivity index (χ2n) is 17.5. The lowest BCUT2D eigenvalue weighted by atomic mass is 9.75. The number of Topliss-reactive ketones (excluding diaryl/α,β-unsaturated/α-hetero) is 2. The lowest BCUT2D eigenvalue weighted by molar-refractivity contribution is -0.295. The molecule has 62 heavy (non-hydrogen) atoms. The fourth-order valence-electron chi connectivity index (χ4n) is 8.92. The largest absolute Gasteiger partial charge is 0.455 e. The van der Waals surface area contributed by atoms with Gasteiger partial charge in [-0.2, -0.15) is 3.89 Å². The van der Waals surface area contributed by atoms with Gasteiger partial charge in [-0.1, -0.05) is 38.1 Å². The van der Waals surface area contributed by atoms with Gasteiger partial charge in [0.2, 0.25) is 0 Å². The number of nitrogen functional groups attached to an aromatic ring is 1. The molecule has 4 heterocycles. The Morgan fingerprint density at radius 2 is 1.76 bits per heavy atom. The van der Waals surface area contributed by atoms with Crippen LogP contribution in [-0.4, -0.2) is 147 Å². The van der Waals surface area contributed by atoms with Crippen molar-refractivity contribution >= 4 is 41.5 Å². The van der Waals surface area contributed by atoms with Crippen molar-refractivity contribution < 1.29 is 56.2 Å². The van der Waals surface area contributed by atoms with Crippen LogP contribution in [0.3, 0.4) is 0 Å². The molecule has 0 bridgehead atoms.